The second kappa shape index (κ2) is 6.41. The summed E-state index contributed by atoms with van der Waals surface area (Å²) in [6.45, 7) is 2.50. The molecule has 0 amide bonds. The largest absolute Gasteiger partial charge is 0.363 e. The average Bonchev–Trinajstić information content (AvgIpc) is 2.83. The molecular formula is C14H14Cl2N2O4S. The molecule has 0 N–H and O–H groups in total. The number of nitrogens with zero attached hydrogens (tertiary/aromatic N) is 2. The van der Waals surface area contributed by atoms with Crippen molar-refractivity contribution >= 4 is 33.2 Å². The van der Waals surface area contributed by atoms with Gasteiger partial charge < -0.3 is 9.26 Å². The van der Waals surface area contributed by atoms with Gasteiger partial charge in [-0.25, -0.2) is 8.42 Å². The number of rotatable bonds is 3. The lowest BCUT2D eigenvalue weighted by Crippen LogP contribution is -2.40. The van der Waals surface area contributed by atoms with Crippen LogP contribution >= 0.6 is 23.2 Å². The second-order valence-electron chi connectivity index (χ2n) is 5.13. The maximum Gasteiger partial charge on any atom is 0.238 e. The second-order valence-corrected chi connectivity index (χ2v) is 7.86. The number of aromatic nitrogens is 1. The van der Waals surface area contributed by atoms with Gasteiger partial charge in [-0.1, -0.05) is 34.4 Å². The first-order valence-corrected chi connectivity index (χ1v) is 9.22. The van der Waals surface area contributed by atoms with E-state index in [0.717, 1.165) is 0 Å². The van der Waals surface area contributed by atoms with Crippen LogP contribution in [0.4, 0.5) is 0 Å². The minimum absolute atomic E-state index is 0.137. The van der Waals surface area contributed by atoms with Gasteiger partial charge in [-0.05, 0) is 19.1 Å². The number of halogens is 2. The molecule has 0 unspecified atom stereocenters. The zero-order chi connectivity index (χ0) is 16.6. The van der Waals surface area contributed by atoms with Gasteiger partial charge >= 0.3 is 0 Å². The lowest BCUT2D eigenvalue weighted by atomic mass is 10.1. The number of aryl methyl sites for hydroxylation is 1. The molecule has 1 aromatic heterocycles. The predicted molar refractivity (Wildman–Crippen MR) is 86.8 cm³/mol. The van der Waals surface area contributed by atoms with Crippen LogP contribution in [0.15, 0.2) is 22.7 Å². The number of ether oxygens (including phenoxy) is 1. The standard InChI is InChI=1S/C14H14Cl2N2O4S/c1-9-10(7-18-5-6-21-8-23(18,19)20)14(17-22-9)13-11(15)3-2-4-12(13)16/h2-4H,5-8H2,1H3. The third kappa shape index (κ3) is 3.25. The number of hydrogen-bond acceptors (Lipinski definition) is 5. The Morgan fingerprint density at radius 3 is 2.65 bits per heavy atom. The van der Waals surface area contributed by atoms with E-state index in [0.29, 0.717) is 39.2 Å². The van der Waals surface area contributed by atoms with Gasteiger partial charge in [0.15, 0.2) is 5.94 Å². The molecule has 6 nitrogen and oxygen atoms in total. The Bertz CT molecular complexity index is 815. The summed E-state index contributed by atoms with van der Waals surface area (Å²) in [5.74, 6) is 0.206. The minimum Gasteiger partial charge on any atom is -0.363 e. The van der Waals surface area contributed by atoms with E-state index in [-0.39, 0.29) is 19.0 Å². The van der Waals surface area contributed by atoms with Crippen molar-refractivity contribution < 1.29 is 17.7 Å². The molecule has 1 aliphatic rings. The van der Waals surface area contributed by atoms with Crippen molar-refractivity contribution in [1.82, 2.24) is 9.46 Å². The van der Waals surface area contributed by atoms with Gasteiger partial charge in [0.25, 0.3) is 0 Å². The Hall–Kier alpha value is -1.12. The fourth-order valence-electron chi connectivity index (χ4n) is 2.40. The van der Waals surface area contributed by atoms with Gasteiger partial charge in [-0.3, -0.25) is 0 Å². The Kier molecular flexibility index (Phi) is 4.66. The highest BCUT2D eigenvalue weighted by Gasteiger charge is 2.30. The van der Waals surface area contributed by atoms with E-state index >= 15 is 0 Å². The summed E-state index contributed by atoms with van der Waals surface area (Å²) in [4.78, 5) is 0. The molecule has 1 aromatic carbocycles. The summed E-state index contributed by atoms with van der Waals surface area (Å²) in [5.41, 5.74) is 1.64. The van der Waals surface area contributed by atoms with Gasteiger partial charge in [0, 0.05) is 24.2 Å². The molecule has 0 aliphatic carbocycles. The molecule has 2 aromatic rings. The normalized spacial score (nSPS) is 18.2. The smallest absolute Gasteiger partial charge is 0.238 e. The molecule has 0 radical (unpaired) electrons. The van der Waals surface area contributed by atoms with Crippen molar-refractivity contribution in [3.05, 3.63) is 39.6 Å². The van der Waals surface area contributed by atoms with E-state index < -0.39 is 10.0 Å². The first-order valence-electron chi connectivity index (χ1n) is 6.85. The third-order valence-corrected chi connectivity index (χ3v) is 5.82. The van der Waals surface area contributed by atoms with Gasteiger partial charge in [-0.2, -0.15) is 4.31 Å². The first-order chi connectivity index (χ1) is 10.9. The molecular weight excluding hydrogens is 363 g/mol. The van der Waals surface area contributed by atoms with Crippen LogP contribution < -0.4 is 0 Å². The highest BCUT2D eigenvalue weighted by Crippen LogP contribution is 2.37. The molecule has 23 heavy (non-hydrogen) atoms. The summed E-state index contributed by atoms with van der Waals surface area (Å²) in [6, 6.07) is 5.12. The summed E-state index contributed by atoms with van der Waals surface area (Å²) < 4.78 is 35.8. The molecule has 9 heteroatoms. The summed E-state index contributed by atoms with van der Waals surface area (Å²) in [6.07, 6.45) is 0. The summed E-state index contributed by atoms with van der Waals surface area (Å²) >= 11 is 12.5. The third-order valence-electron chi connectivity index (χ3n) is 3.63. The van der Waals surface area contributed by atoms with Gasteiger partial charge in [0.05, 0.1) is 16.7 Å². The molecule has 3 rings (SSSR count). The molecule has 1 fully saturated rings. The topological polar surface area (TPSA) is 72.6 Å². The summed E-state index contributed by atoms with van der Waals surface area (Å²) in [5, 5.41) is 4.88. The zero-order valence-electron chi connectivity index (χ0n) is 12.3. The molecule has 1 saturated heterocycles. The van der Waals surface area contributed by atoms with Crippen LogP contribution in [0.2, 0.25) is 10.0 Å². The Balaban J connectivity index is 2.03. The van der Waals surface area contributed by atoms with Crippen molar-refractivity contribution in [2.45, 2.75) is 13.5 Å². The van der Waals surface area contributed by atoms with Crippen LogP contribution in [-0.2, 0) is 21.3 Å². The van der Waals surface area contributed by atoms with Crippen LogP contribution in [0.3, 0.4) is 0 Å². The molecule has 0 bridgehead atoms. The van der Waals surface area contributed by atoms with Crippen molar-refractivity contribution in [2.24, 2.45) is 0 Å². The lowest BCUT2D eigenvalue weighted by molar-refractivity contribution is 0.130. The van der Waals surface area contributed by atoms with Crippen molar-refractivity contribution in [3.8, 4) is 11.3 Å². The van der Waals surface area contributed by atoms with Crippen molar-refractivity contribution in [2.75, 3.05) is 19.1 Å². The number of sulfonamides is 1. The fourth-order valence-corrected chi connectivity index (χ4v) is 4.13. The molecule has 124 valence electrons. The highest BCUT2D eigenvalue weighted by atomic mass is 35.5. The summed E-state index contributed by atoms with van der Waals surface area (Å²) in [7, 11) is -3.46. The van der Waals surface area contributed by atoms with E-state index in [9.17, 15) is 8.42 Å². The first kappa shape index (κ1) is 16.7. The van der Waals surface area contributed by atoms with Crippen LogP contribution in [0, 0.1) is 6.92 Å². The Labute approximate surface area is 144 Å². The van der Waals surface area contributed by atoms with Crippen LogP contribution in [0.25, 0.3) is 11.3 Å². The van der Waals surface area contributed by atoms with Crippen molar-refractivity contribution in [1.29, 1.82) is 0 Å². The Morgan fingerprint density at radius 2 is 2.00 bits per heavy atom. The van der Waals surface area contributed by atoms with Gasteiger partial charge in [0.1, 0.15) is 11.5 Å². The minimum atomic E-state index is -3.46. The number of benzene rings is 1. The predicted octanol–water partition coefficient (Wildman–Crippen LogP) is 3.08. The van der Waals surface area contributed by atoms with Crippen molar-refractivity contribution in [3.63, 3.8) is 0 Å². The molecule has 1 aliphatic heterocycles. The lowest BCUT2D eigenvalue weighted by Gasteiger charge is -2.26. The molecule has 2 heterocycles. The van der Waals surface area contributed by atoms with Crippen LogP contribution in [0.5, 0.6) is 0 Å². The fraction of sp³-hybridized carbons (Fsp3) is 0.357. The Morgan fingerprint density at radius 1 is 1.30 bits per heavy atom. The van der Waals surface area contributed by atoms with Gasteiger partial charge in [0.2, 0.25) is 10.0 Å². The zero-order valence-corrected chi connectivity index (χ0v) is 14.6. The van der Waals surface area contributed by atoms with E-state index in [2.05, 4.69) is 5.16 Å². The van der Waals surface area contributed by atoms with Crippen LogP contribution in [-0.4, -0.2) is 37.0 Å². The molecule has 0 atom stereocenters. The quantitative estimate of drug-likeness (QED) is 0.822. The van der Waals surface area contributed by atoms with E-state index in [4.69, 9.17) is 32.5 Å². The maximum atomic E-state index is 12.1. The molecule has 0 spiro atoms. The SMILES string of the molecule is Cc1onc(-c2c(Cl)cccc2Cl)c1CN1CCOCS1(=O)=O. The van der Waals surface area contributed by atoms with Crippen LogP contribution in [0.1, 0.15) is 11.3 Å². The van der Waals surface area contributed by atoms with Gasteiger partial charge in [-0.15, -0.1) is 0 Å². The van der Waals surface area contributed by atoms with E-state index in [1.54, 1.807) is 25.1 Å². The molecule has 0 saturated carbocycles. The highest BCUT2D eigenvalue weighted by molar-refractivity contribution is 7.88. The monoisotopic (exact) mass is 376 g/mol. The van der Waals surface area contributed by atoms with E-state index in [1.807, 2.05) is 0 Å². The maximum absolute atomic E-state index is 12.1. The van der Waals surface area contributed by atoms with E-state index in [1.165, 1.54) is 4.31 Å². The average molecular weight is 377 g/mol. The number of hydrogen-bond donors (Lipinski definition) is 0.